The van der Waals surface area contributed by atoms with E-state index in [0.29, 0.717) is 22.4 Å². The third kappa shape index (κ3) is 3.40. The number of aromatic nitrogens is 2. The van der Waals surface area contributed by atoms with Gasteiger partial charge in [-0.3, -0.25) is 14.8 Å². The minimum absolute atomic E-state index is 0.0825. The van der Waals surface area contributed by atoms with E-state index in [1.165, 1.54) is 18.6 Å². The van der Waals surface area contributed by atoms with Gasteiger partial charge < -0.3 is 10.2 Å². The molecule has 0 aliphatic rings. The van der Waals surface area contributed by atoms with Crippen LogP contribution >= 0.6 is 0 Å². The molecule has 7 heteroatoms. The number of amides is 1. The number of hydrogen-bond donors (Lipinski definition) is 3. The van der Waals surface area contributed by atoms with E-state index in [1.807, 2.05) is 0 Å². The molecule has 0 fully saturated rings. The number of nitrogens with zero attached hydrogens (tertiary/aromatic N) is 3. The fourth-order valence-corrected chi connectivity index (χ4v) is 1.64. The van der Waals surface area contributed by atoms with Crippen LogP contribution < -0.4 is 5.43 Å². The summed E-state index contributed by atoms with van der Waals surface area (Å²) in [6.07, 6.45) is 5.69. The molecule has 0 radical (unpaired) electrons. The van der Waals surface area contributed by atoms with E-state index in [0.717, 1.165) is 0 Å². The highest BCUT2D eigenvalue weighted by atomic mass is 16.3. The second-order valence-corrected chi connectivity index (χ2v) is 4.23. The van der Waals surface area contributed by atoms with Gasteiger partial charge in [-0.2, -0.15) is 5.10 Å². The molecule has 2 heterocycles. The number of carbonyl (C=O) groups is 1. The molecule has 0 spiro atoms. The summed E-state index contributed by atoms with van der Waals surface area (Å²) >= 11 is 0. The highest BCUT2D eigenvalue weighted by molar-refractivity contribution is 5.95. The number of aliphatic hydroxyl groups is 1. The van der Waals surface area contributed by atoms with Crippen molar-refractivity contribution in [3.63, 3.8) is 0 Å². The van der Waals surface area contributed by atoms with Gasteiger partial charge in [0, 0.05) is 29.7 Å². The standard InChI is InChI=1S/C14H14N4O3/c1-9-13(20)12(11(8-19)6-16-9)7-17-18-14(21)10-3-2-4-15-5-10/h2-7,19-20H,8H2,1H3,(H,18,21)/b17-7-. The van der Waals surface area contributed by atoms with Crippen molar-refractivity contribution >= 4 is 12.1 Å². The van der Waals surface area contributed by atoms with Crippen molar-refractivity contribution in [1.82, 2.24) is 15.4 Å². The molecule has 0 unspecified atom stereocenters. The summed E-state index contributed by atoms with van der Waals surface area (Å²) in [6, 6.07) is 3.24. The van der Waals surface area contributed by atoms with Gasteiger partial charge in [-0.15, -0.1) is 0 Å². The zero-order valence-corrected chi connectivity index (χ0v) is 11.3. The number of pyridine rings is 2. The molecule has 2 aromatic heterocycles. The summed E-state index contributed by atoms with van der Waals surface area (Å²) in [6.45, 7) is 1.33. The highest BCUT2D eigenvalue weighted by Crippen LogP contribution is 2.21. The number of aromatic hydroxyl groups is 1. The van der Waals surface area contributed by atoms with Crippen LogP contribution in [-0.4, -0.2) is 32.3 Å². The van der Waals surface area contributed by atoms with Crippen molar-refractivity contribution in [3.05, 3.63) is 53.1 Å². The lowest BCUT2D eigenvalue weighted by Gasteiger charge is -2.07. The summed E-state index contributed by atoms with van der Waals surface area (Å²) in [5.41, 5.74) is 3.83. The zero-order chi connectivity index (χ0) is 15.2. The van der Waals surface area contributed by atoms with Crippen molar-refractivity contribution in [3.8, 4) is 5.75 Å². The monoisotopic (exact) mass is 286 g/mol. The second kappa shape index (κ2) is 6.58. The maximum Gasteiger partial charge on any atom is 0.272 e. The van der Waals surface area contributed by atoms with E-state index in [2.05, 4.69) is 20.5 Å². The molecule has 0 aliphatic heterocycles. The van der Waals surface area contributed by atoms with E-state index < -0.39 is 5.91 Å². The normalized spacial score (nSPS) is 10.8. The number of hydrazone groups is 1. The number of rotatable bonds is 4. The van der Waals surface area contributed by atoms with Crippen LogP contribution in [0.5, 0.6) is 5.75 Å². The van der Waals surface area contributed by atoms with Crippen molar-refractivity contribution in [2.24, 2.45) is 5.10 Å². The third-order valence-electron chi connectivity index (χ3n) is 2.81. The first-order chi connectivity index (χ1) is 10.1. The molecular weight excluding hydrogens is 272 g/mol. The Morgan fingerprint density at radius 1 is 1.48 bits per heavy atom. The van der Waals surface area contributed by atoms with Gasteiger partial charge in [-0.1, -0.05) is 0 Å². The Kier molecular flexibility index (Phi) is 4.57. The van der Waals surface area contributed by atoms with Crippen molar-refractivity contribution < 1.29 is 15.0 Å². The molecule has 0 saturated carbocycles. The van der Waals surface area contributed by atoms with Crippen LogP contribution in [-0.2, 0) is 6.61 Å². The third-order valence-corrected chi connectivity index (χ3v) is 2.81. The molecule has 1 amide bonds. The molecule has 0 atom stereocenters. The summed E-state index contributed by atoms with van der Waals surface area (Å²) in [5, 5.41) is 22.9. The number of carbonyl (C=O) groups excluding carboxylic acids is 1. The molecule has 0 saturated heterocycles. The molecule has 108 valence electrons. The summed E-state index contributed by atoms with van der Waals surface area (Å²) < 4.78 is 0. The van der Waals surface area contributed by atoms with Crippen molar-refractivity contribution in [1.29, 1.82) is 0 Å². The molecule has 0 bridgehead atoms. The van der Waals surface area contributed by atoms with Gasteiger partial charge in [0.1, 0.15) is 5.75 Å². The van der Waals surface area contributed by atoms with E-state index in [9.17, 15) is 15.0 Å². The molecule has 2 aromatic rings. The van der Waals surface area contributed by atoms with Crippen LogP contribution in [0.3, 0.4) is 0 Å². The average Bonchev–Trinajstić information content (AvgIpc) is 2.52. The minimum Gasteiger partial charge on any atom is -0.505 e. The van der Waals surface area contributed by atoms with Gasteiger partial charge in [0.25, 0.3) is 5.91 Å². The fourth-order valence-electron chi connectivity index (χ4n) is 1.64. The van der Waals surface area contributed by atoms with Crippen LogP contribution in [0.4, 0.5) is 0 Å². The Morgan fingerprint density at radius 2 is 2.29 bits per heavy atom. The second-order valence-electron chi connectivity index (χ2n) is 4.23. The maximum atomic E-state index is 11.8. The lowest BCUT2D eigenvalue weighted by molar-refractivity contribution is 0.0954. The first-order valence-electron chi connectivity index (χ1n) is 6.15. The molecule has 2 rings (SSSR count). The number of aliphatic hydroxyl groups excluding tert-OH is 1. The lowest BCUT2D eigenvalue weighted by Crippen LogP contribution is -2.17. The van der Waals surface area contributed by atoms with Gasteiger partial charge >= 0.3 is 0 Å². The topological polar surface area (TPSA) is 108 Å². The lowest BCUT2D eigenvalue weighted by atomic mass is 10.1. The highest BCUT2D eigenvalue weighted by Gasteiger charge is 2.09. The van der Waals surface area contributed by atoms with Crippen molar-refractivity contribution in [2.45, 2.75) is 13.5 Å². The molecule has 0 aromatic carbocycles. The number of aryl methyl sites for hydroxylation is 1. The van der Waals surface area contributed by atoms with Crippen LogP contribution in [0, 0.1) is 6.92 Å². The Bertz CT molecular complexity index is 671. The van der Waals surface area contributed by atoms with E-state index >= 15 is 0 Å². The molecule has 7 nitrogen and oxygen atoms in total. The van der Waals surface area contributed by atoms with Gasteiger partial charge in [0.2, 0.25) is 0 Å². The van der Waals surface area contributed by atoms with Crippen LogP contribution in [0.15, 0.2) is 35.8 Å². The Labute approximate surface area is 121 Å². The SMILES string of the molecule is Cc1ncc(CO)c(/C=N\NC(=O)c2cccnc2)c1O. The maximum absolute atomic E-state index is 11.8. The van der Waals surface area contributed by atoms with Crippen LogP contribution in [0.1, 0.15) is 27.2 Å². The van der Waals surface area contributed by atoms with Gasteiger partial charge in [-0.05, 0) is 19.1 Å². The van der Waals surface area contributed by atoms with Gasteiger partial charge in [0.05, 0.1) is 24.1 Å². The summed E-state index contributed by atoms with van der Waals surface area (Å²) in [4.78, 5) is 19.5. The van der Waals surface area contributed by atoms with E-state index in [4.69, 9.17) is 0 Å². The average molecular weight is 286 g/mol. The van der Waals surface area contributed by atoms with Crippen LogP contribution in [0.25, 0.3) is 0 Å². The smallest absolute Gasteiger partial charge is 0.272 e. The fraction of sp³-hybridized carbons (Fsp3) is 0.143. The number of nitrogens with one attached hydrogen (secondary N) is 1. The first-order valence-corrected chi connectivity index (χ1v) is 6.15. The molecule has 0 aliphatic carbocycles. The number of hydrogen-bond acceptors (Lipinski definition) is 6. The molecular formula is C14H14N4O3. The zero-order valence-electron chi connectivity index (χ0n) is 11.3. The Morgan fingerprint density at radius 3 is 2.95 bits per heavy atom. The molecule has 21 heavy (non-hydrogen) atoms. The Hall–Kier alpha value is -2.80. The Balaban J connectivity index is 2.15. The van der Waals surface area contributed by atoms with Gasteiger partial charge in [-0.25, -0.2) is 5.43 Å². The molecule has 3 N–H and O–H groups in total. The predicted octanol–water partition coefficient (Wildman–Crippen LogP) is 0.747. The first kappa shape index (κ1) is 14.6. The predicted molar refractivity (Wildman–Crippen MR) is 75.9 cm³/mol. The quantitative estimate of drug-likeness (QED) is 0.567. The largest absolute Gasteiger partial charge is 0.505 e. The minimum atomic E-state index is -0.421. The van der Waals surface area contributed by atoms with Crippen LogP contribution in [0.2, 0.25) is 0 Å². The van der Waals surface area contributed by atoms with E-state index in [-0.39, 0.29) is 12.4 Å². The van der Waals surface area contributed by atoms with Crippen molar-refractivity contribution in [2.75, 3.05) is 0 Å². The summed E-state index contributed by atoms with van der Waals surface area (Å²) in [7, 11) is 0. The van der Waals surface area contributed by atoms with Gasteiger partial charge in [0.15, 0.2) is 0 Å². The van der Waals surface area contributed by atoms with E-state index in [1.54, 1.807) is 25.3 Å². The summed E-state index contributed by atoms with van der Waals surface area (Å²) in [5.74, 6) is -0.504.